The van der Waals surface area contributed by atoms with Crippen molar-refractivity contribution in [2.45, 2.75) is 0 Å². The molecule has 5 heteroatoms. The SMILES string of the molecule is COC(=O)c1cc2c(cc1N)OCO2. The van der Waals surface area contributed by atoms with Gasteiger partial charge in [-0.05, 0) is 0 Å². The maximum atomic E-state index is 11.2. The molecule has 1 aromatic carbocycles. The van der Waals surface area contributed by atoms with E-state index in [0.717, 1.165) is 0 Å². The first-order chi connectivity index (χ1) is 6.72. The Morgan fingerprint density at radius 1 is 1.43 bits per heavy atom. The molecule has 0 fully saturated rings. The quantitative estimate of drug-likeness (QED) is 0.529. The van der Waals surface area contributed by atoms with Gasteiger partial charge >= 0.3 is 5.97 Å². The van der Waals surface area contributed by atoms with E-state index < -0.39 is 5.97 Å². The van der Waals surface area contributed by atoms with Crippen LogP contribution in [0.4, 0.5) is 5.69 Å². The average molecular weight is 195 g/mol. The van der Waals surface area contributed by atoms with Crippen molar-refractivity contribution in [2.24, 2.45) is 0 Å². The van der Waals surface area contributed by atoms with E-state index in [1.54, 1.807) is 6.07 Å². The smallest absolute Gasteiger partial charge is 0.340 e. The van der Waals surface area contributed by atoms with Crippen molar-refractivity contribution in [3.63, 3.8) is 0 Å². The first kappa shape index (κ1) is 8.68. The summed E-state index contributed by atoms with van der Waals surface area (Å²) in [6, 6.07) is 3.07. The summed E-state index contributed by atoms with van der Waals surface area (Å²) in [7, 11) is 1.30. The van der Waals surface area contributed by atoms with Gasteiger partial charge in [-0.1, -0.05) is 0 Å². The van der Waals surface area contributed by atoms with Gasteiger partial charge in [0, 0.05) is 12.1 Å². The highest BCUT2D eigenvalue weighted by molar-refractivity contribution is 5.96. The second-order valence-electron chi connectivity index (χ2n) is 2.78. The standard InChI is InChI=1S/C9H9NO4/c1-12-9(11)5-2-7-8(3-6(5)10)14-4-13-7/h2-3H,4,10H2,1H3. The molecule has 0 amide bonds. The molecule has 0 radical (unpaired) electrons. The fourth-order valence-corrected chi connectivity index (χ4v) is 1.24. The fourth-order valence-electron chi connectivity index (χ4n) is 1.24. The Morgan fingerprint density at radius 2 is 2.07 bits per heavy atom. The zero-order chi connectivity index (χ0) is 10.1. The molecule has 0 saturated heterocycles. The second kappa shape index (κ2) is 3.10. The van der Waals surface area contributed by atoms with Crippen LogP contribution in [0, 0.1) is 0 Å². The number of fused-ring (bicyclic) bond motifs is 1. The number of nitrogen functional groups attached to an aromatic ring is 1. The van der Waals surface area contributed by atoms with E-state index in [1.807, 2.05) is 0 Å². The van der Waals surface area contributed by atoms with Crippen LogP contribution in [0.25, 0.3) is 0 Å². The first-order valence-electron chi connectivity index (χ1n) is 4.00. The lowest BCUT2D eigenvalue weighted by atomic mass is 10.1. The molecular formula is C9H9NO4. The highest BCUT2D eigenvalue weighted by Crippen LogP contribution is 2.35. The summed E-state index contributed by atoms with van der Waals surface area (Å²) in [4.78, 5) is 11.2. The van der Waals surface area contributed by atoms with Gasteiger partial charge in [0.1, 0.15) is 0 Å². The number of hydrogen-bond acceptors (Lipinski definition) is 5. The Morgan fingerprint density at radius 3 is 2.71 bits per heavy atom. The van der Waals surface area contributed by atoms with E-state index in [9.17, 15) is 4.79 Å². The van der Waals surface area contributed by atoms with E-state index in [4.69, 9.17) is 15.2 Å². The number of nitrogens with two attached hydrogens (primary N) is 1. The van der Waals surface area contributed by atoms with Crippen molar-refractivity contribution < 1.29 is 19.0 Å². The molecule has 0 unspecified atom stereocenters. The minimum atomic E-state index is -0.485. The van der Waals surface area contributed by atoms with Crippen LogP contribution >= 0.6 is 0 Å². The van der Waals surface area contributed by atoms with Gasteiger partial charge < -0.3 is 19.9 Å². The van der Waals surface area contributed by atoms with Crippen molar-refractivity contribution in [3.05, 3.63) is 17.7 Å². The fraction of sp³-hybridized carbons (Fsp3) is 0.222. The van der Waals surface area contributed by atoms with E-state index >= 15 is 0 Å². The minimum absolute atomic E-state index is 0.152. The number of ether oxygens (including phenoxy) is 3. The van der Waals surface area contributed by atoms with Crippen molar-refractivity contribution in [2.75, 3.05) is 19.6 Å². The Kier molecular flexibility index (Phi) is 1.92. The highest BCUT2D eigenvalue weighted by Gasteiger charge is 2.19. The van der Waals surface area contributed by atoms with Crippen LogP contribution in [0.2, 0.25) is 0 Å². The van der Waals surface area contributed by atoms with Gasteiger partial charge in [-0.15, -0.1) is 0 Å². The number of carbonyl (C=O) groups is 1. The summed E-state index contributed by atoms with van der Waals surface area (Å²) in [6.07, 6.45) is 0. The summed E-state index contributed by atoms with van der Waals surface area (Å²) in [6.45, 7) is 0.152. The second-order valence-corrected chi connectivity index (χ2v) is 2.78. The van der Waals surface area contributed by atoms with Gasteiger partial charge in [-0.2, -0.15) is 0 Å². The Bertz CT molecular complexity index is 389. The molecule has 74 valence electrons. The Hall–Kier alpha value is -1.91. The third kappa shape index (κ3) is 1.22. The molecule has 1 heterocycles. The number of hydrogen-bond donors (Lipinski definition) is 1. The molecule has 1 aliphatic heterocycles. The zero-order valence-corrected chi connectivity index (χ0v) is 7.57. The maximum absolute atomic E-state index is 11.2. The zero-order valence-electron chi connectivity index (χ0n) is 7.57. The maximum Gasteiger partial charge on any atom is 0.340 e. The summed E-state index contributed by atoms with van der Waals surface area (Å²) in [5, 5.41) is 0. The van der Waals surface area contributed by atoms with Gasteiger partial charge in [0.05, 0.1) is 18.4 Å². The third-order valence-corrected chi connectivity index (χ3v) is 1.95. The van der Waals surface area contributed by atoms with E-state index in [0.29, 0.717) is 17.2 Å². The number of methoxy groups -OCH3 is 1. The van der Waals surface area contributed by atoms with Gasteiger partial charge in [-0.25, -0.2) is 4.79 Å². The van der Waals surface area contributed by atoms with Crippen molar-refractivity contribution in [1.29, 1.82) is 0 Å². The molecular weight excluding hydrogens is 186 g/mol. The van der Waals surface area contributed by atoms with E-state index in [-0.39, 0.29) is 12.4 Å². The monoisotopic (exact) mass is 195 g/mol. The van der Waals surface area contributed by atoms with Crippen LogP contribution in [-0.4, -0.2) is 19.9 Å². The largest absolute Gasteiger partial charge is 0.465 e. The number of anilines is 1. The summed E-state index contributed by atoms with van der Waals surface area (Å²) in [5.41, 5.74) is 6.24. The molecule has 2 N–H and O–H groups in total. The summed E-state index contributed by atoms with van der Waals surface area (Å²) in [5.74, 6) is 0.579. The molecule has 0 atom stereocenters. The molecule has 0 saturated carbocycles. The van der Waals surface area contributed by atoms with Crippen molar-refractivity contribution in [3.8, 4) is 11.5 Å². The third-order valence-electron chi connectivity index (χ3n) is 1.95. The molecule has 0 bridgehead atoms. The lowest BCUT2D eigenvalue weighted by Crippen LogP contribution is -2.05. The minimum Gasteiger partial charge on any atom is -0.465 e. The van der Waals surface area contributed by atoms with Crippen LogP contribution < -0.4 is 15.2 Å². The lowest BCUT2D eigenvalue weighted by Gasteiger charge is -2.04. The number of benzene rings is 1. The number of rotatable bonds is 1. The highest BCUT2D eigenvalue weighted by atomic mass is 16.7. The molecule has 1 aliphatic rings. The summed E-state index contributed by atoms with van der Waals surface area (Å²) < 4.78 is 14.8. The predicted octanol–water partition coefficient (Wildman–Crippen LogP) is 0.784. The van der Waals surface area contributed by atoms with Crippen LogP contribution in [0.3, 0.4) is 0 Å². The van der Waals surface area contributed by atoms with Gasteiger partial charge in [-0.3, -0.25) is 0 Å². The number of esters is 1. The van der Waals surface area contributed by atoms with Crippen LogP contribution in [0.15, 0.2) is 12.1 Å². The predicted molar refractivity (Wildman–Crippen MR) is 48.3 cm³/mol. The van der Waals surface area contributed by atoms with Gasteiger partial charge in [0.2, 0.25) is 6.79 Å². The molecule has 2 rings (SSSR count). The van der Waals surface area contributed by atoms with Gasteiger partial charge in [0.25, 0.3) is 0 Å². The van der Waals surface area contributed by atoms with E-state index in [1.165, 1.54) is 13.2 Å². The van der Waals surface area contributed by atoms with Gasteiger partial charge in [0.15, 0.2) is 11.5 Å². The van der Waals surface area contributed by atoms with Crippen molar-refractivity contribution >= 4 is 11.7 Å². The first-order valence-corrected chi connectivity index (χ1v) is 4.00. The Labute approximate surface area is 80.4 Å². The van der Waals surface area contributed by atoms with Crippen molar-refractivity contribution in [1.82, 2.24) is 0 Å². The molecule has 0 spiro atoms. The van der Waals surface area contributed by atoms with Crippen LogP contribution in [0.1, 0.15) is 10.4 Å². The van der Waals surface area contributed by atoms with E-state index in [2.05, 4.69) is 4.74 Å². The average Bonchev–Trinajstić information content (AvgIpc) is 2.62. The molecule has 1 aromatic rings. The topological polar surface area (TPSA) is 70.8 Å². The molecule has 0 aromatic heterocycles. The molecule has 0 aliphatic carbocycles. The van der Waals surface area contributed by atoms with Crippen LogP contribution in [0.5, 0.6) is 11.5 Å². The Balaban J connectivity index is 2.47. The lowest BCUT2D eigenvalue weighted by molar-refractivity contribution is 0.0601. The normalized spacial score (nSPS) is 12.6. The summed E-state index contributed by atoms with van der Waals surface area (Å²) >= 11 is 0. The van der Waals surface area contributed by atoms with Crippen LogP contribution in [-0.2, 0) is 4.74 Å². The molecule has 14 heavy (non-hydrogen) atoms. The molecule has 5 nitrogen and oxygen atoms in total. The number of carbonyl (C=O) groups excluding carboxylic acids is 1.